The van der Waals surface area contributed by atoms with E-state index in [1.54, 1.807) is 0 Å². The zero-order chi connectivity index (χ0) is 12.8. The van der Waals surface area contributed by atoms with Crippen LogP contribution < -0.4 is 10.3 Å². The number of aryl methyl sites for hydroxylation is 1. The standard InChI is InChI=1S/C16H15NO2/c18-15-12-7-3-5-10-4-1-2-6-11(10)14(12)13-8-9-19-16(13)17-15/h1-2,4,6H,3,5,7-9H2,(H,17,18). The smallest absolute Gasteiger partial charge is 0.254 e. The third-order valence-electron chi connectivity index (χ3n) is 4.14. The molecule has 3 heteroatoms. The molecular weight excluding hydrogens is 238 g/mol. The maximum Gasteiger partial charge on any atom is 0.254 e. The molecule has 0 saturated carbocycles. The summed E-state index contributed by atoms with van der Waals surface area (Å²) in [5, 5.41) is 0. The van der Waals surface area contributed by atoms with Gasteiger partial charge in [-0.15, -0.1) is 0 Å². The van der Waals surface area contributed by atoms with Gasteiger partial charge in [-0.2, -0.15) is 0 Å². The number of hydrogen-bond donors (Lipinski definition) is 1. The number of hydrogen-bond acceptors (Lipinski definition) is 2. The summed E-state index contributed by atoms with van der Waals surface area (Å²) >= 11 is 0. The minimum atomic E-state index is 0.0207. The van der Waals surface area contributed by atoms with Gasteiger partial charge in [0, 0.05) is 17.5 Å². The van der Waals surface area contributed by atoms with E-state index in [0.29, 0.717) is 12.5 Å². The number of pyridine rings is 1. The summed E-state index contributed by atoms with van der Waals surface area (Å²) in [4.78, 5) is 15.1. The van der Waals surface area contributed by atoms with Crippen LogP contribution in [0.5, 0.6) is 5.88 Å². The largest absolute Gasteiger partial charge is 0.478 e. The molecule has 1 aliphatic heterocycles. The quantitative estimate of drug-likeness (QED) is 0.783. The zero-order valence-corrected chi connectivity index (χ0v) is 10.7. The van der Waals surface area contributed by atoms with Crippen LogP contribution in [0.1, 0.15) is 23.1 Å². The van der Waals surface area contributed by atoms with Crippen molar-refractivity contribution in [2.24, 2.45) is 0 Å². The molecule has 0 atom stereocenters. The summed E-state index contributed by atoms with van der Waals surface area (Å²) in [5.74, 6) is 0.681. The van der Waals surface area contributed by atoms with Crippen LogP contribution in [0.4, 0.5) is 0 Å². The van der Waals surface area contributed by atoms with E-state index in [-0.39, 0.29) is 5.56 Å². The first-order valence-corrected chi connectivity index (χ1v) is 6.83. The first-order chi connectivity index (χ1) is 9.34. The second-order valence-electron chi connectivity index (χ2n) is 5.22. The third kappa shape index (κ3) is 1.54. The van der Waals surface area contributed by atoms with Gasteiger partial charge in [0.05, 0.1) is 6.61 Å². The number of benzene rings is 1. The monoisotopic (exact) mass is 253 g/mol. The minimum Gasteiger partial charge on any atom is -0.478 e. The second-order valence-corrected chi connectivity index (χ2v) is 5.22. The van der Waals surface area contributed by atoms with Gasteiger partial charge in [-0.05, 0) is 36.0 Å². The van der Waals surface area contributed by atoms with Gasteiger partial charge in [-0.1, -0.05) is 24.3 Å². The van der Waals surface area contributed by atoms with E-state index in [0.717, 1.165) is 36.8 Å². The molecule has 2 aliphatic rings. The Labute approximate surface area is 111 Å². The molecule has 0 radical (unpaired) electrons. The van der Waals surface area contributed by atoms with Crippen LogP contribution in [-0.4, -0.2) is 11.6 Å². The van der Waals surface area contributed by atoms with E-state index in [2.05, 4.69) is 29.2 Å². The van der Waals surface area contributed by atoms with Gasteiger partial charge in [0.15, 0.2) is 5.88 Å². The number of aromatic amines is 1. The van der Waals surface area contributed by atoms with Crippen molar-refractivity contribution in [2.75, 3.05) is 6.61 Å². The number of fused-ring (bicyclic) bond motifs is 5. The van der Waals surface area contributed by atoms with Crippen molar-refractivity contribution in [1.82, 2.24) is 4.98 Å². The number of H-pyrrole nitrogens is 1. The molecule has 1 aromatic heterocycles. The van der Waals surface area contributed by atoms with E-state index in [1.165, 1.54) is 16.7 Å². The van der Waals surface area contributed by atoms with Crippen molar-refractivity contribution in [3.8, 4) is 17.0 Å². The van der Waals surface area contributed by atoms with Crippen LogP contribution in [0.15, 0.2) is 29.1 Å². The Morgan fingerprint density at radius 3 is 2.89 bits per heavy atom. The molecule has 0 fully saturated rings. The highest BCUT2D eigenvalue weighted by Gasteiger charge is 2.26. The van der Waals surface area contributed by atoms with E-state index < -0.39 is 0 Å². The normalized spacial score (nSPS) is 16.0. The maximum absolute atomic E-state index is 12.3. The highest BCUT2D eigenvalue weighted by Crippen LogP contribution is 2.38. The molecular formula is C16H15NO2. The average Bonchev–Trinajstić information content (AvgIpc) is 2.79. The molecule has 19 heavy (non-hydrogen) atoms. The topological polar surface area (TPSA) is 42.1 Å². The third-order valence-corrected chi connectivity index (χ3v) is 4.14. The summed E-state index contributed by atoms with van der Waals surface area (Å²) in [5.41, 5.74) is 5.86. The highest BCUT2D eigenvalue weighted by molar-refractivity contribution is 5.76. The Kier molecular flexibility index (Phi) is 2.28. The fourth-order valence-electron chi connectivity index (χ4n) is 3.28. The molecule has 1 aromatic carbocycles. The van der Waals surface area contributed by atoms with Crippen molar-refractivity contribution >= 4 is 0 Å². The van der Waals surface area contributed by atoms with Crippen molar-refractivity contribution in [1.29, 1.82) is 0 Å². The predicted molar refractivity (Wildman–Crippen MR) is 73.7 cm³/mol. The Morgan fingerprint density at radius 2 is 1.95 bits per heavy atom. The van der Waals surface area contributed by atoms with E-state index >= 15 is 0 Å². The molecule has 3 nitrogen and oxygen atoms in total. The van der Waals surface area contributed by atoms with Crippen LogP contribution in [0, 0.1) is 0 Å². The number of ether oxygens (including phenoxy) is 1. The van der Waals surface area contributed by atoms with Crippen molar-refractivity contribution in [3.05, 3.63) is 51.3 Å². The molecule has 2 heterocycles. The molecule has 0 bridgehead atoms. The Morgan fingerprint density at radius 1 is 1.05 bits per heavy atom. The van der Waals surface area contributed by atoms with Crippen LogP contribution in [0.3, 0.4) is 0 Å². The zero-order valence-electron chi connectivity index (χ0n) is 10.7. The van der Waals surface area contributed by atoms with E-state index in [1.807, 2.05) is 0 Å². The Balaban J connectivity index is 2.11. The molecule has 1 aliphatic carbocycles. The maximum atomic E-state index is 12.3. The van der Waals surface area contributed by atoms with Gasteiger partial charge < -0.3 is 4.74 Å². The molecule has 0 amide bonds. The van der Waals surface area contributed by atoms with Crippen molar-refractivity contribution in [3.63, 3.8) is 0 Å². The highest BCUT2D eigenvalue weighted by atomic mass is 16.5. The molecule has 0 unspecified atom stereocenters. The van der Waals surface area contributed by atoms with Crippen molar-refractivity contribution in [2.45, 2.75) is 25.7 Å². The van der Waals surface area contributed by atoms with Crippen LogP contribution in [-0.2, 0) is 19.3 Å². The molecule has 0 saturated heterocycles. The first-order valence-electron chi connectivity index (χ1n) is 6.83. The predicted octanol–water partition coefficient (Wildman–Crippen LogP) is 2.47. The SMILES string of the molecule is O=c1[nH]c2c(c3c1CCCc1ccccc1-3)CCO2. The van der Waals surface area contributed by atoms with E-state index in [9.17, 15) is 4.79 Å². The minimum absolute atomic E-state index is 0.0207. The van der Waals surface area contributed by atoms with Gasteiger partial charge in [0.2, 0.25) is 0 Å². The summed E-state index contributed by atoms with van der Waals surface area (Å²) in [6, 6.07) is 8.44. The van der Waals surface area contributed by atoms with Gasteiger partial charge in [0.1, 0.15) is 0 Å². The second kappa shape index (κ2) is 3.98. The van der Waals surface area contributed by atoms with Gasteiger partial charge in [-0.3, -0.25) is 9.78 Å². The Bertz CT molecular complexity index is 715. The summed E-state index contributed by atoms with van der Waals surface area (Å²) in [6.07, 6.45) is 3.82. The molecule has 96 valence electrons. The lowest BCUT2D eigenvalue weighted by molar-refractivity contribution is 0.344. The molecule has 1 N–H and O–H groups in total. The molecule has 2 aromatic rings. The lowest BCUT2D eigenvalue weighted by Gasteiger charge is -2.12. The van der Waals surface area contributed by atoms with Gasteiger partial charge >= 0.3 is 0 Å². The van der Waals surface area contributed by atoms with Crippen molar-refractivity contribution < 1.29 is 4.74 Å². The summed E-state index contributed by atoms with van der Waals surface area (Å²) in [7, 11) is 0. The number of rotatable bonds is 0. The molecule has 4 rings (SSSR count). The lowest BCUT2D eigenvalue weighted by atomic mass is 9.93. The van der Waals surface area contributed by atoms with Crippen LogP contribution in [0.2, 0.25) is 0 Å². The Hall–Kier alpha value is -2.03. The first kappa shape index (κ1) is 10.9. The average molecular weight is 253 g/mol. The van der Waals surface area contributed by atoms with E-state index in [4.69, 9.17) is 4.74 Å². The fourth-order valence-corrected chi connectivity index (χ4v) is 3.28. The van der Waals surface area contributed by atoms with Crippen LogP contribution in [0.25, 0.3) is 11.1 Å². The number of nitrogens with one attached hydrogen (secondary N) is 1. The fraction of sp³-hybridized carbons (Fsp3) is 0.312. The summed E-state index contributed by atoms with van der Waals surface area (Å²) in [6.45, 7) is 0.671. The van der Waals surface area contributed by atoms with Gasteiger partial charge in [0.25, 0.3) is 5.56 Å². The van der Waals surface area contributed by atoms with Gasteiger partial charge in [-0.25, -0.2) is 0 Å². The molecule has 0 spiro atoms. The summed E-state index contributed by atoms with van der Waals surface area (Å²) < 4.78 is 5.55. The van der Waals surface area contributed by atoms with Crippen LogP contribution >= 0.6 is 0 Å². The number of aromatic nitrogens is 1. The lowest BCUT2D eigenvalue weighted by Crippen LogP contribution is -2.15.